The second kappa shape index (κ2) is 9.67. The van der Waals surface area contributed by atoms with Crippen molar-refractivity contribution < 1.29 is 4.74 Å². The van der Waals surface area contributed by atoms with Crippen LogP contribution in [0.5, 0.6) is 0 Å². The molecule has 1 unspecified atom stereocenters. The van der Waals surface area contributed by atoms with E-state index < -0.39 is 0 Å². The minimum Gasteiger partial charge on any atom is -0.367 e. The van der Waals surface area contributed by atoms with Crippen LogP contribution in [0.2, 0.25) is 15.1 Å². The maximum absolute atomic E-state index is 6.45. The smallest absolute Gasteiger partial charge is 0.102 e. The molecule has 0 amide bonds. The molecule has 4 rings (SSSR count). The summed E-state index contributed by atoms with van der Waals surface area (Å²) in [5, 5.41) is 1.92. The van der Waals surface area contributed by atoms with Crippen LogP contribution < -0.4 is 0 Å². The molecular formula is C24H19Cl3N2O. The molecule has 0 bridgehead atoms. The predicted molar refractivity (Wildman–Crippen MR) is 123 cm³/mol. The molecular weight excluding hydrogens is 439 g/mol. The van der Waals surface area contributed by atoms with Crippen LogP contribution in [0.4, 0.5) is 0 Å². The van der Waals surface area contributed by atoms with E-state index in [-0.39, 0.29) is 6.10 Å². The first kappa shape index (κ1) is 21.0. The van der Waals surface area contributed by atoms with E-state index in [1.807, 2.05) is 47.2 Å². The molecule has 0 fully saturated rings. The lowest BCUT2D eigenvalue weighted by Gasteiger charge is -2.20. The fourth-order valence-corrected chi connectivity index (χ4v) is 3.88. The molecule has 0 aliphatic rings. The van der Waals surface area contributed by atoms with E-state index in [1.54, 1.807) is 18.6 Å². The molecule has 3 nitrogen and oxygen atoms in total. The quantitative estimate of drug-likeness (QED) is 0.288. The van der Waals surface area contributed by atoms with Gasteiger partial charge in [0.1, 0.15) is 6.10 Å². The second-order valence-electron chi connectivity index (χ2n) is 6.93. The zero-order valence-corrected chi connectivity index (χ0v) is 18.3. The molecule has 1 aromatic heterocycles. The number of imidazole rings is 1. The van der Waals surface area contributed by atoms with Crippen LogP contribution in [0.15, 0.2) is 85.5 Å². The van der Waals surface area contributed by atoms with Crippen molar-refractivity contribution in [2.24, 2.45) is 0 Å². The van der Waals surface area contributed by atoms with Crippen LogP contribution in [-0.2, 0) is 17.9 Å². The van der Waals surface area contributed by atoms with Gasteiger partial charge in [0.05, 0.1) is 19.5 Å². The Morgan fingerprint density at radius 1 is 0.833 bits per heavy atom. The molecule has 0 aliphatic carbocycles. The van der Waals surface area contributed by atoms with Crippen LogP contribution in [0, 0.1) is 0 Å². The van der Waals surface area contributed by atoms with Gasteiger partial charge in [-0.2, -0.15) is 0 Å². The van der Waals surface area contributed by atoms with Gasteiger partial charge >= 0.3 is 0 Å². The molecule has 3 aromatic carbocycles. The van der Waals surface area contributed by atoms with Crippen molar-refractivity contribution in [3.8, 4) is 11.1 Å². The highest BCUT2D eigenvalue weighted by Gasteiger charge is 2.17. The zero-order valence-electron chi connectivity index (χ0n) is 16.0. The van der Waals surface area contributed by atoms with Gasteiger partial charge < -0.3 is 9.30 Å². The number of aromatic nitrogens is 2. The summed E-state index contributed by atoms with van der Waals surface area (Å²) in [6.45, 7) is 1.06. The van der Waals surface area contributed by atoms with Crippen LogP contribution in [0.1, 0.15) is 17.2 Å². The van der Waals surface area contributed by atoms with Crippen molar-refractivity contribution in [2.75, 3.05) is 0 Å². The van der Waals surface area contributed by atoms with Crippen molar-refractivity contribution in [3.05, 3.63) is 112 Å². The van der Waals surface area contributed by atoms with Gasteiger partial charge in [-0.3, -0.25) is 0 Å². The SMILES string of the molecule is Clc1ccc(-c2ccc(COC(Cn3ccnc3)c3ccc(Cl)cc3Cl)cc2)cc1. The number of rotatable bonds is 7. The monoisotopic (exact) mass is 456 g/mol. The number of benzene rings is 3. The van der Waals surface area contributed by atoms with E-state index in [0.29, 0.717) is 23.2 Å². The molecule has 1 atom stereocenters. The van der Waals surface area contributed by atoms with Gasteiger partial charge in [-0.1, -0.05) is 77.3 Å². The third kappa shape index (κ3) is 5.24. The van der Waals surface area contributed by atoms with Gasteiger partial charge in [0.15, 0.2) is 0 Å². The summed E-state index contributed by atoms with van der Waals surface area (Å²) >= 11 is 18.5. The Hall–Kier alpha value is -2.30. The Labute approximate surface area is 190 Å². The van der Waals surface area contributed by atoms with Gasteiger partial charge in [-0.05, 0) is 41.0 Å². The van der Waals surface area contributed by atoms with Crippen molar-refractivity contribution in [1.29, 1.82) is 0 Å². The van der Waals surface area contributed by atoms with Gasteiger partial charge in [0, 0.05) is 33.0 Å². The maximum Gasteiger partial charge on any atom is 0.102 e. The fraction of sp³-hybridized carbons (Fsp3) is 0.125. The summed E-state index contributed by atoms with van der Waals surface area (Å²) in [6, 6.07) is 21.6. The largest absolute Gasteiger partial charge is 0.367 e. The molecule has 0 aliphatic heterocycles. The highest BCUT2D eigenvalue weighted by molar-refractivity contribution is 6.35. The molecule has 0 spiro atoms. The number of halogens is 3. The molecule has 0 saturated heterocycles. The molecule has 152 valence electrons. The second-order valence-corrected chi connectivity index (χ2v) is 8.21. The lowest BCUT2D eigenvalue weighted by Crippen LogP contribution is -2.12. The predicted octanol–water partition coefficient (Wildman–Crippen LogP) is 7.47. The van der Waals surface area contributed by atoms with Crippen LogP contribution >= 0.6 is 34.8 Å². The van der Waals surface area contributed by atoms with E-state index in [4.69, 9.17) is 39.5 Å². The topological polar surface area (TPSA) is 27.1 Å². The number of nitrogens with zero attached hydrogens (tertiary/aromatic N) is 2. The van der Waals surface area contributed by atoms with Crippen molar-refractivity contribution >= 4 is 34.8 Å². The minimum absolute atomic E-state index is 0.236. The molecule has 0 radical (unpaired) electrons. The lowest BCUT2D eigenvalue weighted by molar-refractivity contribution is 0.0280. The lowest BCUT2D eigenvalue weighted by atomic mass is 10.0. The van der Waals surface area contributed by atoms with Crippen molar-refractivity contribution in [1.82, 2.24) is 9.55 Å². The van der Waals surface area contributed by atoms with E-state index >= 15 is 0 Å². The van der Waals surface area contributed by atoms with Crippen molar-refractivity contribution in [2.45, 2.75) is 19.3 Å². The molecule has 30 heavy (non-hydrogen) atoms. The first-order chi connectivity index (χ1) is 14.6. The summed E-state index contributed by atoms with van der Waals surface area (Å²) in [5.41, 5.74) is 4.23. The standard InChI is InChI=1S/C24H19Cl3N2O/c25-20-7-5-19(6-8-20)18-3-1-17(2-4-18)15-30-24(14-29-12-11-28-16-29)22-10-9-21(26)13-23(22)27/h1-13,16,24H,14-15H2. The summed E-state index contributed by atoms with van der Waals surface area (Å²) in [7, 11) is 0. The third-order valence-electron chi connectivity index (χ3n) is 4.83. The highest BCUT2D eigenvalue weighted by atomic mass is 35.5. The van der Waals surface area contributed by atoms with E-state index in [1.165, 1.54) is 0 Å². The fourth-order valence-electron chi connectivity index (χ4n) is 3.22. The zero-order chi connectivity index (χ0) is 20.9. The normalized spacial score (nSPS) is 12.1. The van der Waals surface area contributed by atoms with Crippen molar-refractivity contribution in [3.63, 3.8) is 0 Å². The molecule has 0 saturated carbocycles. The Morgan fingerprint density at radius 3 is 2.13 bits per heavy atom. The molecule has 6 heteroatoms. The molecule has 0 N–H and O–H groups in total. The summed E-state index contributed by atoms with van der Waals surface area (Å²) in [5.74, 6) is 0. The Morgan fingerprint density at radius 2 is 1.50 bits per heavy atom. The Kier molecular flexibility index (Phi) is 6.76. The van der Waals surface area contributed by atoms with Crippen LogP contribution in [0.25, 0.3) is 11.1 Å². The first-order valence-electron chi connectivity index (χ1n) is 9.45. The van der Waals surface area contributed by atoms with Crippen LogP contribution in [-0.4, -0.2) is 9.55 Å². The van der Waals surface area contributed by atoms with Gasteiger partial charge in [-0.25, -0.2) is 4.98 Å². The van der Waals surface area contributed by atoms with E-state index in [2.05, 4.69) is 29.2 Å². The summed E-state index contributed by atoms with van der Waals surface area (Å²) in [6.07, 6.45) is 5.18. The van der Waals surface area contributed by atoms with E-state index in [9.17, 15) is 0 Å². The number of ether oxygens (including phenoxy) is 1. The average Bonchev–Trinajstić information content (AvgIpc) is 3.26. The summed E-state index contributed by atoms with van der Waals surface area (Å²) < 4.78 is 8.25. The number of hydrogen-bond donors (Lipinski definition) is 0. The Bertz CT molecular complexity index is 1090. The molecule has 4 aromatic rings. The highest BCUT2D eigenvalue weighted by Crippen LogP contribution is 2.31. The molecule has 1 heterocycles. The van der Waals surface area contributed by atoms with Gasteiger partial charge in [0.25, 0.3) is 0 Å². The summed E-state index contributed by atoms with van der Waals surface area (Å²) in [4.78, 5) is 4.11. The van der Waals surface area contributed by atoms with Gasteiger partial charge in [0.2, 0.25) is 0 Å². The van der Waals surface area contributed by atoms with Crippen LogP contribution in [0.3, 0.4) is 0 Å². The minimum atomic E-state index is -0.236. The first-order valence-corrected chi connectivity index (χ1v) is 10.6. The van der Waals surface area contributed by atoms with Gasteiger partial charge in [-0.15, -0.1) is 0 Å². The average molecular weight is 458 g/mol. The Balaban J connectivity index is 1.49. The third-order valence-corrected chi connectivity index (χ3v) is 5.64. The van der Waals surface area contributed by atoms with E-state index in [0.717, 1.165) is 27.3 Å². The maximum atomic E-state index is 6.45. The number of hydrogen-bond acceptors (Lipinski definition) is 2.